The lowest BCUT2D eigenvalue weighted by Crippen LogP contribution is -1.99. The van der Waals surface area contributed by atoms with E-state index in [2.05, 4.69) is 4.98 Å². The van der Waals surface area contributed by atoms with Gasteiger partial charge in [-0.05, 0) is 25.5 Å². The molecule has 0 aliphatic carbocycles. The highest BCUT2D eigenvalue weighted by Gasteiger charge is 2.27. The molecule has 0 saturated heterocycles. The molecule has 2 aromatic rings. The number of carbonyl (C=O) groups is 1. The van der Waals surface area contributed by atoms with Crippen LogP contribution in [0.15, 0.2) is 22.6 Å². The second-order valence-electron chi connectivity index (χ2n) is 4.16. The Kier molecular flexibility index (Phi) is 3.33. The Morgan fingerprint density at radius 3 is 2.58 bits per heavy atom. The van der Waals surface area contributed by atoms with Gasteiger partial charge < -0.3 is 9.52 Å². The smallest absolute Gasteiger partial charge is 0.374 e. The van der Waals surface area contributed by atoms with Crippen LogP contribution < -0.4 is 0 Å². The molecule has 2 rings (SSSR count). The molecule has 1 N–H and O–H groups in total. The monoisotopic (exact) mass is 267 g/mol. The van der Waals surface area contributed by atoms with E-state index in [9.17, 15) is 13.6 Å². The van der Waals surface area contributed by atoms with Crippen LogP contribution in [-0.4, -0.2) is 16.1 Å². The van der Waals surface area contributed by atoms with E-state index in [1.54, 1.807) is 19.1 Å². The first kappa shape index (κ1) is 13.2. The quantitative estimate of drug-likeness (QED) is 0.922. The van der Waals surface area contributed by atoms with Crippen molar-refractivity contribution in [1.82, 2.24) is 4.98 Å². The molecule has 0 radical (unpaired) electrons. The Hall–Kier alpha value is -2.24. The van der Waals surface area contributed by atoms with Crippen LogP contribution in [0.4, 0.5) is 8.78 Å². The Morgan fingerprint density at radius 1 is 1.37 bits per heavy atom. The van der Waals surface area contributed by atoms with E-state index in [0.29, 0.717) is 5.56 Å². The molecule has 0 aliphatic rings. The van der Waals surface area contributed by atoms with Gasteiger partial charge in [0.1, 0.15) is 0 Å². The molecule has 0 saturated carbocycles. The summed E-state index contributed by atoms with van der Waals surface area (Å²) in [5.74, 6) is -2.47. The lowest BCUT2D eigenvalue weighted by atomic mass is 10.1. The van der Waals surface area contributed by atoms with Gasteiger partial charge in [0.25, 0.3) is 6.43 Å². The maximum atomic E-state index is 12.7. The second-order valence-corrected chi connectivity index (χ2v) is 4.16. The summed E-state index contributed by atoms with van der Waals surface area (Å²) >= 11 is 0. The van der Waals surface area contributed by atoms with Crippen molar-refractivity contribution in [2.45, 2.75) is 20.3 Å². The molecule has 6 heteroatoms. The van der Waals surface area contributed by atoms with E-state index in [-0.39, 0.29) is 5.89 Å². The standard InChI is InChI=1S/C13H11F2NO3/c1-6-3-4-7(2)8(5-6)12-16-9(11(14)15)10(19-12)13(17)18/h3-5,11H,1-2H3,(H,17,18). The zero-order valence-corrected chi connectivity index (χ0v) is 10.3. The topological polar surface area (TPSA) is 63.3 Å². The molecule has 0 atom stereocenters. The van der Waals surface area contributed by atoms with Gasteiger partial charge in [0.05, 0.1) is 0 Å². The van der Waals surface area contributed by atoms with Gasteiger partial charge in [0, 0.05) is 5.56 Å². The maximum absolute atomic E-state index is 12.7. The predicted molar refractivity (Wildman–Crippen MR) is 63.3 cm³/mol. The summed E-state index contributed by atoms with van der Waals surface area (Å²) in [6.07, 6.45) is -2.99. The van der Waals surface area contributed by atoms with Crippen molar-refractivity contribution in [1.29, 1.82) is 0 Å². The highest BCUT2D eigenvalue weighted by molar-refractivity contribution is 5.86. The summed E-state index contributed by atoms with van der Waals surface area (Å²) in [6.45, 7) is 3.60. The van der Waals surface area contributed by atoms with E-state index in [4.69, 9.17) is 9.52 Å². The highest BCUT2D eigenvalue weighted by atomic mass is 19.3. The molecule has 1 aromatic carbocycles. The normalized spacial score (nSPS) is 11.0. The van der Waals surface area contributed by atoms with Crippen LogP contribution in [0.2, 0.25) is 0 Å². The lowest BCUT2D eigenvalue weighted by Gasteiger charge is -2.02. The van der Waals surface area contributed by atoms with Gasteiger partial charge in [-0.3, -0.25) is 0 Å². The Morgan fingerprint density at radius 2 is 2.05 bits per heavy atom. The number of oxazole rings is 1. The number of hydrogen-bond acceptors (Lipinski definition) is 3. The van der Waals surface area contributed by atoms with Crippen molar-refractivity contribution in [2.24, 2.45) is 0 Å². The number of hydrogen-bond donors (Lipinski definition) is 1. The summed E-state index contributed by atoms with van der Waals surface area (Å²) in [6, 6.07) is 5.35. The van der Waals surface area contributed by atoms with Gasteiger partial charge in [0.15, 0.2) is 5.69 Å². The number of nitrogens with zero attached hydrogens (tertiary/aromatic N) is 1. The first-order valence-corrected chi connectivity index (χ1v) is 5.50. The van der Waals surface area contributed by atoms with E-state index in [1.165, 1.54) is 0 Å². The fourth-order valence-electron chi connectivity index (χ4n) is 1.71. The largest absolute Gasteiger partial charge is 0.475 e. The van der Waals surface area contributed by atoms with Crippen LogP contribution in [0, 0.1) is 13.8 Å². The third kappa shape index (κ3) is 2.47. The van der Waals surface area contributed by atoms with Crippen LogP contribution in [0.5, 0.6) is 0 Å². The summed E-state index contributed by atoms with van der Waals surface area (Å²) in [5.41, 5.74) is 1.33. The van der Waals surface area contributed by atoms with Crippen molar-refractivity contribution in [2.75, 3.05) is 0 Å². The van der Waals surface area contributed by atoms with Crippen LogP contribution in [0.25, 0.3) is 11.5 Å². The zero-order chi connectivity index (χ0) is 14.2. The van der Waals surface area contributed by atoms with Crippen LogP contribution in [-0.2, 0) is 0 Å². The van der Waals surface area contributed by atoms with Gasteiger partial charge >= 0.3 is 5.97 Å². The van der Waals surface area contributed by atoms with Crippen LogP contribution >= 0.6 is 0 Å². The number of carboxylic acids is 1. The molecule has 0 fully saturated rings. The predicted octanol–water partition coefficient (Wildman–Crippen LogP) is 3.59. The fourth-order valence-corrected chi connectivity index (χ4v) is 1.71. The molecule has 19 heavy (non-hydrogen) atoms. The summed E-state index contributed by atoms with van der Waals surface area (Å²) in [5, 5.41) is 8.83. The third-order valence-electron chi connectivity index (χ3n) is 2.68. The van der Waals surface area contributed by atoms with Crippen molar-refractivity contribution in [3.05, 3.63) is 40.8 Å². The average Bonchev–Trinajstić information content (AvgIpc) is 2.77. The summed E-state index contributed by atoms with van der Waals surface area (Å²) in [7, 11) is 0. The number of halogens is 2. The molecular weight excluding hydrogens is 256 g/mol. The Bertz CT molecular complexity index is 635. The van der Waals surface area contributed by atoms with Crippen molar-refractivity contribution in [3.63, 3.8) is 0 Å². The summed E-state index contributed by atoms with van der Waals surface area (Å²) < 4.78 is 30.4. The third-order valence-corrected chi connectivity index (χ3v) is 2.68. The van der Waals surface area contributed by atoms with Crippen LogP contribution in [0.3, 0.4) is 0 Å². The molecule has 0 aliphatic heterocycles. The van der Waals surface area contributed by atoms with Crippen molar-refractivity contribution >= 4 is 5.97 Å². The van der Waals surface area contributed by atoms with Gasteiger partial charge in [-0.1, -0.05) is 17.7 Å². The van der Waals surface area contributed by atoms with Gasteiger partial charge in [-0.2, -0.15) is 0 Å². The number of aryl methyl sites for hydroxylation is 2. The molecule has 0 amide bonds. The van der Waals surface area contributed by atoms with E-state index in [0.717, 1.165) is 11.1 Å². The number of benzene rings is 1. The average molecular weight is 267 g/mol. The van der Waals surface area contributed by atoms with Crippen LogP contribution in [0.1, 0.15) is 33.8 Å². The zero-order valence-electron chi connectivity index (χ0n) is 10.3. The number of carboxylic acid groups (broad SMARTS) is 1. The molecule has 0 bridgehead atoms. The molecule has 0 spiro atoms. The Labute approximate surface area is 107 Å². The van der Waals surface area contributed by atoms with Gasteiger partial charge in [-0.15, -0.1) is 0 Å². The first-order valence-electron chi connectivity index (χ1n) is 5.50. The summed E-state index contributed by atoms with van der Waals surface area (Å²) in [4.78, 5) is 14.5. The minimum atomic E-state index is -2.99. The highest BCUT2D eigenvalue weighted by Crippen LogP contribution is 2.30. The molecule has 1 heterocycles. The van der Waals surface area contributed by atoms with E-state index < -0.39 is 23.8 Å². The number of alkyl halides is 2. The number of rotatable bonds is 3. The molecule has 0 unspecified atom stereocenters. The lowest BCUT2D eigenvalue weighted by molar-refractivity contribution is 0.0647. The molecular formula is C13H11F2NO3. The number of aromatic nitrogens is 1. The van der Waals surface area contributed by atoms with E-state index in [1.807, 2.05) is 13.0 Å². The van der Waals surface area contributed by atoms with Gasteiger partial charge in [-0.25, -0.2) is 18.6 Å². The molecule has 100 valence electrons. The Balaban J connectivity index is 2.60. The van der Waals surface area contributed by atoms with E-state index >= 15 is 0 Å². The number of aromatic carboxylic acids is 1. The van der Waals surface area contributed by atoms with Crippen molar-refractivity contribution in [3.8, 4) is 11.5 Å². The fraction of sp³-hybridized carbons (Fsp3) is 0.231. The van der Waals surface area contributed by atoms with Gasteiger partial charge in [0.2, 0.25) is 11.7 Å². The maximum Gasteiger partial charge on any atom is 0.374 e. The minimum Gasteiger partial charge on any atom is -0.475 e. The van der Waals surface area contributed by atoms with Crippen molar-refractivity contribution < 1.29 is 23.1 Å². The molecule has 4 nitrogen and oxygen atoms in total. The first-order chi connectivity index (χ1) is 8.90. The minimum absolute atomic E-state index is 0.103. The SMILES string of the molecule is Cc1ccc(C)c(-c2nc(C(F)F)c(C(=O)O)o2)c1. The second kappa shape index (κ2) is 4.79. The molecule has 1 aromatic heterocycles.